The van der Waals surface area contributed by atoms with Gasteiger partial charge in [0.05, 0.1) is 11.6 Å². The van der Waals surface area contributed by atoms with E-state index in [4.69, 9.17) is 5.11 Å². The number of hydrogen-bond donors (Lipinski definition) is 2. The molecule has 2 amide bonds. The van der Waals surface area contributed by atoms with Crippen molar-refractivity contribution in [1.82, 2.24) is 4.90 Å². The van der Waals surface area contributed by atoms with Gasteiger partial charge < -0.3 is 15.3 Å². The van der Waals surface area contributed by atoms with Crippen molar-refractivity contribution in [2.45, 2.75) is 20.3 Å². The molecule has 1 aromatic carbocycles. The number of likely N-dealkylation sites (tertiary alicyclic amines) is 1. The predicted octanol–water partition coefficient (Wildman–Crippen LogP) is 3.33. The Morgan fingerprint density at radius 3 is 2.71 bits per heavy atom. The molecule has 2 atom stereocenters. The fraction of sp³-hybridized carbons (Fsp3) is 0.467. The Bertz CT molecular complexity index is 562. The number of amides is 2. The fourth-order valence-electron chi connectivity index (χ4n) is 2.61. The summed E-state index contributed by atoms with van der Waals surface area (Å²) in [4.78, 5) is 25.1. The first kappa shape index (κ1) is 15.8. The molecular formula is C15H19BrN2O3. The molecule has 1 aliphatic rings. The second kappa shape index (κ2) is 6.47. The number of aliphatic carboxylic acids is 1. The van der Waals surface area contributed by atoms with E-state index >= 15 is 0 Å². The molecule has 1 aliphatic heterocycles. The fourth-order valence-corrected chi connectivity index (χ4v) is 3.20. The minimum atomic E-state index is -0.837. The van der Waals surface area contributed by atoms with Crippen molar-refractivity contribution in [3.05, 3.63) is 28.2 Å². The summed E-state index contributed by atoms with van der Waals surface area (Å²) in [6.07, 6.45) is 0.618. The van der Waals surface area contributed by atoms with E-state index in [9.17, 15) is 9.59 Å². The van der Waals surface area contributed by atoms with Crippen LogP contribution in [0.5, 0.6) is 0 Å². The van der Waals surface area contributed by atoms with Gasteiger partial charge in [-0.1, -0.05) is 13.0 Å². The van der Waals surface area contributed by atoms with Crippen LogP contribution in [-0.2, 0) is 4.79 Å². The number of halogens is 1. The van der Waals surface area contributed by atoms with E-state index in [1.54, 1.807) is 4.90 Å². The van der Waals surface area contributed by atoms with Crippen LogP contribution in [0.2, 0.25) is 0 Å². The highest BCUT2D eigenvalue weighted by atomic mass is 79.9. The minimum absolute atomic E-state index is 0.187. The Hall–Kier alpha value is -1.56. The number of nitrogens with zero attached hydrogens (tertiary/aromatic N) is 1. The van der Waals surface area contributed by atoms with Crippen LogP contribution in [0.1, 0.15) is 18.9 Å². The lowest BCUT2D eigenvalue weighted by Crippen LogP contribution is -2.47. The summed E-state index contributed by atoms with van der Waals surface area (Å²) in [5.41, 5.74) is 1.79. The van der Waals surface area contributed by atoms with Crippen LogP contribution < -0.4 is 5.32 Å². The molecule has 1 aromatic rings. The van der Waals surface area contributed by atoms with E-state index in [2.05, 4.69) is 21.2 Å². The Labute approximate surface area is 132 Å². The first-order chi connectivity index (χ1) is 9.86. The Morgan fingerprint density at radius 1 is 1.38 bits per heavy atom. The molecule has 0 bridgehead atoms. The van der Waals surface area contributed by atoms with Gasteiger partial charge in [-0.2, -0.15) is 0 Å². The van der Waals surface area contributed by atoms with E-state index < -0.39 is 11.9 Å². The van der Waals surface area contributed by atoms with Crippen LogP contribution in [-0.4, -0.2) is 35.1 Å². The summed E-state index contributed by atoms with van der Waals surface area (Å²) in [6, 6.07) is 5.42. The van der Waals surface area contributed by atoms with Crippen molar-refractivity contribution in [3.8, 4) is 0 Å². The average Bonchev–Trinajstić information content (AvgIpc) is 2.41. The van der Waals surface area contributed by atoms with Crippen molar-refractivity contribution in [1.29, 1.82) is 0 Å². The maximum absolute atomic E-state index is 12.3. The Balaban J connectivity index is 2.07. The molecule has 6 heteroatoms. The molecule has 1 fully saturated rings. The number of carbonyl (C=O) groups is 2. The standard InChI is InChI=1S/C15H19BrN2O3/c1-9-3-4-13(12(16)6-9)17-15(21)18-7-10(2)5-11(8-18)14(19)20/h3-4,6,10-11H,5,7-8H2,1-2H3,(H,17,21)(H,19,20). The number of hydrogen-bond acceptors (Lipinski definition) is 2. The van der Waals surface area contributed by atoms with E-state index in [-0.39, 0.29) is 18.5 Å². The third kappa shape index (κ3) is 3.97. The molecule has 0 radical (unpaired) electrons. The maximum Gasteiger partial charge on any atom is 0.321 e. The summed E-state index contributed by atoms with van der Waals surface area (Å²) in [5.74, 6) is -1.14. The zero-order valence-corrected chi connectivity index (χ0v) is 13.7. The number of carboxylic acid groups (broad SMARTS) is 1. The van der Waals surface area contributed by atoms with Gasteiger partial charge in [0.1, 0.15) is 0 Å². The lowest BCUT2D eigenvalue weighted by molar-refractivity contribution is -0.143. The molecule has 0 aromatic heterocycles. The Morgan fingerprint density at radius 2 is 2.10 bits per heavy atom. The molecule has 1 saturated heterocycles. The lowest BCUT2D eigenvalue weighted by Gasteiger charge is -2.34. The largest absolute Gasteiger partial charge is 0.481 e. The molecule has 114 valence electrons. The van der Waals surface area contributed by atoms with Crippen LogP contribution in [0.25, 0.3) is 0 Å². The van der Waals surface area contributed by atoms with Crippen molar-refractivity contribution >= 4 is 33.6 Å². The summed E-state index contributed by atoms with van der Waals surface area (Å²) in [6.45, 7) is 4.78. The monoisotopic (exact) mass is 354 g/mol. The van der Waals surface area contributed by atoms with Gasteiger partial charge in [0.15, 0.2) is 0 Å². The molecular weight excluding hydrogens is 336 g/mol. The molecule has 0 saturated carbocycles. The quantitative estimate of drug-likeness (QED) is 0.855. The summed E-state index contributed by atoms with van der Waals surface area (Å²) < 4.78 is 0.815. The highest BCUT2D eigenvalue weighted by Gasteiger charge is 2.32. The molecule has 21 heavy (non-hydrogen) atoms. The molecule has 2 N–H and O–H groups in total. The van der Waals surface area contributed by atoms with Gasteiger partial charge in [0.2, 0.25) is 0 Å². The molecule has 0 spiro atoms. The molecule has 0 aliphatic carbocycles. The summed E-state index contributed by atoms with van der Waals surface area (Å²) >= 11 is 3.42. The SMILES string of the molecule is Cc1ccc(NC(=O)N2CC(C)CC(C(=O)O)C2)c(Br)c1. The number of carbonyl (C=O) groups excluding carboxylic acids is 1. The second-order valence-corrected chi connectivity index (χ2v) is 6.55. The number of benzene rings is 1. The van der Waals surface area contributed by atoms with E-state index in [1.165, 1.54) is 0 Å². The molecule has 2 rings (SSSR count). The lowest BCUT2D eigenvalue weighted by atomic mass is 9.91. The molecule has 2 unspecified atom stereocenters. The van der Waals surface area contributed by atoms with Crippen molar-refractivity contribution in [3.63, 3.8) is 0 Å². The van der Waals surface area contributed by atoms with E-state index in [1.807, 2.05) is 32.0 Å². The molecule has 5 nitrogen and oxygen atoms in total. The van der Waals surface area contributed by atoms with Gasteiger partial charge in [0, 0.05) is 17.6 Å². The maximum atomic E-state index is 12.3. The predicted molar refractivity (Wildman–Crippen MR) is 84.4 cm³/mol. The average molecular weight is 355 g/mol. The van der Waals surface area contributed by atoms with E-state index in [0.717, 1.165) is 10.0 Å². The van der Waals surface area contributed by atoms with E-state index in [0.29, 0.717) is 18.7 Å². The van der Waals surface area contributed by atoms with Crippen molar-refractivity contribution in [2.24, 2.45) is 11.8 Å². The highest BCUT2D eigenvalue weighted by molar-refractivity contribution is 9.10. The number of urea groups is 1. The second-order valence-electron chi connectivity index (χ2n) is 5.69. The first-order valence-electron chi connectivity index (χ1n) is 6.91. The summed E-state index contributed by atoms with van der Waals surface area (Å²) in [7, 11) is 0. The number of carboxylic acids is 1. The number of nitrogens with one attached hydrogen (secondary N) is 1. The minimum Gasteiger partial charge on any atom is -0.481 e. The van der Waals surface area contributed by atoms with Gasteiger partial charge in [0.25, 0.3) is 0 Å². The van der Waals surface area contributed by atoms with Crippen molar-refractivity contribution in [2.75, 3.05) is 18.4 Å². The molecule has 1 heterocycles. The van der Waals surface area contributed by atoms with Gasteiger partial charge >= 0.3 is 12.0 Å². The highest BCUT2D eigenvalue weighted by Crippen LogP contribution is 2.26. The van der Waals surface area contributed by atoms with Gasteiger partial charge in [-0.3, -0.25) is 4.79 Å². The van der Waals surface area contributed by atoms with Crippen LogP contribution >= 0.6 is 15.9 Å². The first-order valence-corrected chi connectivity index (χ1v) is 7.71. The number of rotatable bonds is 2. The van der Waals surface area contributed by atoms with Crippen LogP contribution in [0.15, 0.2) is 22.7 Å². The third-order valence-corrected chi connectivity index (χ3v) is 4.32. The van der Waals surface area contributed by atoms with Crippen molar-refractivity contribution < 1.29 is 14.7 Å². The Kier molecular flexibility index (Phi) is 4.88. The van der Waals surface area contributed by atoms with Gasteiger partial charge in [-0.25, -0.2) is 4.79 Å². The smallest absolute Gasteiger partial charge is 0.321 e. The third-order valence-electron chi connectivity index (χ3n) is 3.66. The van der Waals surface area contributed by atoms with Gasteiger partial charge in [-0.15, -0.1) is 0 Å². The number of anilines is 1. The van der Waals surface area contributed by atoms with Gasteiger partial charge in [-0.05, 0) is 52.9 Å². The zero-order valence-electron chi connectivity index (χ0n) is 12.1. The topological polar surface area (TPSA) is 69.6 Å². The number of aryl methyl sites for hydroxylation is 1. The van der Waals surface area contributed by atoms with Crippen LogP contribution in [0.4, 0.5) is 10.5 Å². The zero-order chi connectivity index (χ0) is 15.6. The number of piperidine rings is 1. The van der Waals surface area contributed by atoms with Crippen LogP contribution in [0, 0.1) is 18.8 Å². The van der Waals surface area contributed by atoms with Crippen LogP contribution in [0.3, 0.4) is 0 Å². The summed E-state index contributed by atoms with van der Waals surface area (Å²) in [5, 5.41) is 12.0. The normalized spacial score (nSPS) is 22.0.